The molecule has 3 rings (SSSR count). The monoisotopic (exact) mass is 472 g/mol. The van der Waals surface area contributed by atoms with Crippen molar-refractivity contribution in [2.24, 2.45) is 0 Å². The molecule has 0 saturated carbocycles. The predicted octanol–water partition coefficient (Wildman–Crippen LogP) is 4.94. The van der Waals surface area contributed by atoms with E-state index in [0.29, 0.717) is 17.5 Å². The SMILES string of the molecule is C=CCn1c(SCC(=O)Nc2ccc(C)cc2Br)nnc1-c1cccc(OC)c1. The van der Waals surface area contributed by atoms with E-state index in [9.17, 15) is 4.79 Å². The van der Waals surface area contributed by atoms with Crippen molar-refractivity contribution in [3.05, 3.63) is 65.2 Å². The zero-order valence-electron chi connectivity index (χ0n) is 16.2. The summed E-state index contributed by atoms with van der Waals surface area (Å²) in [6.07, 6.45) is 1.78. The zero-order valence-corrected chi connectivity index (χ0v) is 18.6. The van der Waals surface area contributed by atoms with Gasteiger partial charge in [-0.1, -0.05) is 36.0 Å². The molecule has 1 aromatic heterocycles. The van der Waals surface area contributed by atoms with Crippen molar-refractivity contribution < 1.29 is 9.53 Å². The van der Waals surface area contributed by atoms with Gasteiger partial charge in [0.15, 0.2) is 11.0 Å². The number of allylic oxidation sites excluding steroid dienone is 1. The molecule has 0 unspecified atom stereocenters. The summed E-state index contributed by atoms with van der Waals surface area (Å²) in [4.78, 5) is 12.4. The number of carbonyl (C=O) groups is 1. The van der Waals surface area contributed by atoms with Gasteiger partial charge in [0, 0.05) is 16.6 Å². The minimum atomic E-state index is -0.115. The van der Waals surface area contributed by atoms with Gasteiger partial charge in [-0.25, -0.2) is 0 Å². The first-order valence-electron chi connectivity index (χ1n) is 8.89. The summed E-state index contributed by atoms with van der Waals surface area (Å²) in [6.45, 7) is 6.35. The van der Waals surface area contributed by atoms with E-state index in [2.05, 4.69) is 38.0 Å². The van der Waals surface area contributed by atoms with E-state index >= 15 is 0 Å². The number of halogens is 1. The quantitative estimate of drug-likeness (QED) is 0.371. The summed E-state index contributed by atoms with van der Waals surface area (Å²) < 4.78 is 8.08. The Hall–Kier alpha value is -2.58. The van der Waals surface area contributed by atoms with Gasteiger partial charge in [-0.3, -0.25) is 9.36 Å². The highest BCUT2D eigenvalue weighted by molar-refractivity contribution is 9.10. The Morgan fingerprint density at radius 1 is 1.31 bits per heavy atom. The molecule has 1 heterocycles. The number of amides is 1. The van der Waals surface area contributed by atoms with Crippen LogP contribution in [0.4, 0.5) is 5.69 Å². The standard InChI is InChI=1S/C21H21BrN4O2S/c1-4-10-26-20(15-6-5-7-16(12-15)28-3)24-25-21(26)29-13-19(27)23-18-9-8-14(2)11-17(18)22/h4-9,11-12H,1,10,13H2,2-3H3,(H,23,27). The lowest BCUT2D eigenvalue weighted by atomic mass is 10.2. The third kappa shape index (κ3) is 5.27. The van der Waals surface area contributed by atoms with Crippen LogP contribution in [0.2, 0.25) is 0 Å². The first-order valence-corrected chi connectivity index (χ1v) is 10.7. The molecule has 0 bridgehead atoms. The lowest BCUT2D eigenvalue weighted by Crippen LogP contribution is -2.15. The molecule has 0 fully saturated rings. The van der Waals surface area contributed by atoms with E-state index < -0.39 is 0 Å². The van der Waals surface area contributed by atoms with Crippen LogP contribution in [-0.2, 0) is 11.3 Å². The van der Waals surface area contributed by atoms with Crippen LogP contribution in [-0.4, -0.2) is 33.5 Å². The maximum absolute atomic E-state index is 12.4. The fraction of sp³-hybridized carbons (Fsp3) is 0.190. The van der Waals surface area contributed by atoms with Gasteiger partial charge >= 0.3 is 0 Å². The number of aromatic nitrogens is 3. The molecular weight excluding hydrogens is 452 g/mol. The molecule has 0 aliphatic rings. The van der Waals surface area contributed by atoms with Crippen molar-refractivity contribution in [3.8, 4) is 17.1 Å². The highest BCUT2D eigenvalue weighted by Gasteiger charge is 2.16. The molecule has 0 saturated heterocycles. The van der Waals surface area contributed by atoms with Crippen LogP contribution in [0.1, 0.15) is 5.56 Å². The molecule has 150 valence electrons. The average molecular weight is 473 g/mol. The Morgan fingerprint density at radius 3 is 2.86 bits per heavy atom. The van der Waals surface area contributed by atoms with E-state index in [-0.39, 0.29) is 11.7 Å². The molecule has 8 heteroatoms. The van der Waals surface area contributed by atoms with E-state index in [0.717, 1.165) is 27.0 Å². The second kappa shape index (κ2) is 9.76. The Morgan fingerprint density at radius 2 is 2.14 bits per heavy atom. The summed E-state index contributed by atoms with van der Waals surface area (Å²) in [5.41, 5.74) is 2.75. The number of rotatable bonds is 8. The second-order valence-corrected chi connectivity index (χ2v) is 8.05. The van der Waals surface area contributed by atoms with Crippen LogP contribution < -0.4 is 10.1 Å². The number of nitrogens with one attached hydrogen (secondary N) is 1. The van der Waals surface area contributed by atoms with Crippen molar-refractivity contribution in [2.45, 2.75) is 18.6 Å². The summed E-state index contributed by atoms with van der Waals surface area (Å²) in [6, 6.07) is 13.4. The normalized spacial score (nSPS) is 10.6. The molecule has 0 aliphatic carbocycles. The van der Waals surface area contributed by atoms with Crippen molar-refractivity contribution in [2.75, 3.05) is 18.2 Å². The smallest absolute Gasteiger partial charge is 0.234 e. The van der Waals surface area contributed by atoms with E-state index in [4.69, 9.17) is 4.74 Å². The zero-order chi connectivity index (χ0) is 20.8. The molecule has 0 radical (unpaired) electrons. The minimum Gasteiger partial charge on any atom is -0.497 e. The number of ether oxygens (including phenoxy) is 1. The van der Waals surface area contributed by atoms with Crippen LogP contribution in [0.15, 0.2) is 64.7 Å². The molecule has 1 amide bonds. The molecule has 2 aromatic carbocycles. The van der Waals surface area contributed by atoms with Crippen molar-refractivity contribution in [1.82, 2.24) is 14.8 Å². The molecule has 0 atom stereocenters. The average Bonchev–Trinajstić information content (AvgIpc) is 3.11. The fourth-order valence-electron chi connectivity index (χ4n) is 2.70. The Kier molecular flexibility index (Phi) is 7.11. The Labute approximate surface area is 182 Å². The fourth-order valence-corrected chi connectivity index (χ4v) is 4.04. The van der Waals surface area contributed by atoms with Gasteiger partial charge in [0.05, 0.1) is 18.6 Å². The van der Waals surface area contributed by atoms with Crippen LogP contribution in [0.5, 0.6) is 5.75 Å². The molecular formula is C21H21BrN4O2S. The first-order chi connectivity index (χ1) is 14.0. The number of methoxy groups -OCH3 is 1. The Balaban J connectivity index is 1.74. The van der Waals surface area contributed by atoms with Crippen molar-refractivity contribution in [3.63, 3.8) is 0 Å². The van der Waals surface area contributed by atoms with Gasteiger partial charge < -0.3 is 10.1 Å². The van der Waals surface area contributed by atoms with Gasteiger partial charge in [0.25, 0.3) is 0 Å². The summed E-state index contributed by atoms with van der Waals surface area (Å²) in [7, 11) is 1.62. The van der Waals surface area contributed by atoms with Gasteiger partial charge in [0.1, 0.15) is 5.75 Å². The highest BCUT2D eigenvalue weighted by atomic mass is 79.9. The van der Waals surface area contributed by atoms with Gasteiger partial charge in [-0.15, -0.1) is 16.8 Å². The van der Waals surface area contributed by atoms with Crippen LogP contribution in [0.25, 0.3) is 11.4 Å². The molecule has 6 nitrogen and oxygen atoms in total. The maximum atomic E-state index is 12.4. The number of hydrogen-bond donors (Lipinski definition) is 1. The van der Waals surface area contributed by atoms with E-state index in [1.165, 1.54) is 11.8 Å². The largest absolute Gasteiger partial charge is 0.497 e. The third-order valence-electron chi connectivity index (χ3n) is 4.09. The van der Waals surface area contributed by atoms with Gasteiger partial charge in [0.2, 0.25) is 5.91 Å². The second-order valence-electron chi connectivity index (χ2n) is 6.26. The van der Waals surface area contributed by atoms with Crippen LogP contribution in [0.3, 0.4) is 0 Å². The maximum Gasteiger partial charge on any atom is 0.234 e. The van der Waals surface area contributed by atoms with Gasteiger partial charge in [-0.2, -0.15) is 0 Å². The van der Waals surface area contributed by atoms with Gasteiger partial charge in [-0.05, 0) is 52.7 Å². The first kappa shape index (κ1) is 21.1. The molecule has 0 aliphatic heterocycles. The summed E-state index contributed by atoms with van der Waals surface area (Å²) in [5, 5.41) is 12.2. The number of anilines is 1. The van der Waals surface area contributed by atoms with Crippen LogP contribution >= 0.6 is 27.7 Å². The lowest BCUT2D eigenvalue weighted by Gasteiger charge is -2.10. The third-order valence-corrected chi connectivity index (χ3v) is 5.71. The molecule has 1 N–H and O–H groups in total. The number of thioether (sulfide) groups is 1. The topological polar surface area (TPSA) is 69.0 Å². The van der Waals surface area contributed by atoms with Crippen LogP contribution in [0, 0.1) is 6.92 Å². The number of nitrogens with zero attached hydrogens (tertiary/aromatic N) is 3. The number of carbonyl (C=O) groups excluding carboxylic acids is 1. The van der Waals surface area contributed by atoms with E-state index in [1.807, 2.05) is 54.0 Å². The summed E-state index contributed by atoms with van der Waals surface area (Å²) >= 11 is 4.81. The van der Waals surface area contributed by atoms with E-state index in [1.54, 1.807) is 13.2 Å². The predicted molar refractivity (Wildman–Crippen MR) is 120 cm³/mol. The molecule has 29 heavy (non-hydrogen) atoms. The van der Waals surface area contributed by atoms with Crippen molar-refractivity contribution in [1.29, 1.82) is 0 Å². The summed E-state index contributed by atoms with van der Waals surface area (Å²) in [5.74, 6) is 1.55. The lowest BCUT2D eigenvalue weighted by molar-refractivity contribution is -0.113. The molecule has 3 aromatic rings. The number of hydrogen-bond acceptors (Lipinski definition) is 5. The number of aryl methyl sites for hydroxylation is 1. The highest BCUT2D eigenvalue weighted by Crippen LogP contribution is 2.27. The Bertz CT molecular complexity index is 1040. The van der Waals surface area contributed by atoms with Crippen molar-refractivity contribution >= 4 is 39.3 Å². The minimum absolute atomic E-state index is 0.115. The number of benzene rings is 2. The molecule has 0 spiro atoms.